The summed E-state index contributed by atoms with van der Waals surface area (Å²) in [6.45, 7) is 10.2. The molecule has 0 bridgehead atoms. The second kappa shape index (κ2) is 9.36. The van der Waals surface area contributed by atoms with E-state index in [4.69, 9.17) is 9.47 Å². The van der Waals surface area contributed by atoms with Crippen LogP contribution in [-0.4, -0.2) is 70.1 Å². The van der Waals surface area contributed by atoms with Gasteiger partial charge in [0, 0.05) is 41.4 Å². The third-order valence-corrected chi connectivity index (χ3v) is 4.92. The number of hydrogen-bond acceptors (Lipinski definition) is 6. The first-order chi connectivity index (χ1) is 11.2. The minimum atomic E-state index is -0.867. The summed E-state index contributed by atoms with van der Waals surface area (Å²) in [7, 11) is -0.867. The average molecular weight is 362 g/mol. The predicted molar refractivity (Wildman–Crippen MR) is 93.3 cm³/mol. The number of esters is 1. The summed E-state index contributed by atoms with van der Waals surface area (Å²) in [5.74, 6) is 0.696. The van der Waals surface area contributed by atoms with Crippen LogP contribution >= 0.6 is 0 Å². The van der Waals surface area contributed by atoms with Gasteiger partial charge in [-0.2, -0.15) is 0 Å². The number of likely N-dealkylation sites (tertiary alicyclic amines) is 1. The van der Waals surface area contributed by atoms with Crippen LogP contribution in [0.15, 0.2) is 0 Å². The van der Waals surface area contributed by atoms with Crippen LogP contribution in [0.1, 0.15) is 41.0 Å². The third-order valence-electron chi connectivity index (χ3n) is 3.61. The van der Waals surface area contributed by atoms with Crippen molar-refractivity contribution in [2.45, 2.75) is 58.7 Å². The maximum Gasteiger partial charge on any atom is 0.411 e. The standard InChI is InChI=1S/C16H30N2O5S/c1-6-22-14(19)13-12(17-9-11-24(21)7-2)8-10-18(13)15(20)23-16(3,4)5/h12-13,17H,6-11H2,1-5H3/t12-,13-,24-/m0/s1. The number of carbonyl (C=O) groups excluding carboxylic acids is 2. The lowest BCUT2D eigenvalue weighted by Gasteiger charge is -2.29. The highest BCUT2D eigenvalue weighted by Gasteiger charge is 2.44. The first kappa shape index (κ1) is 20.9. The van der Waals surface area contributed by atoms with Gasteiger partial charge in [-0.3, -0.25) is 9.11 Å². The molecule has 0 aromatic rings. The monoisotopic (exact) mass is 362 g/mol. The zero-order valence-electron chi connectivity index (χ0n) is 15.3. The van der Waals surface area contributed by atoms with E-state index in [9.17, 15) is 13.8 Å². The van der Waals surface area contributed by atoms with Crippen LogP contribution in [-0.2, 0) is 25.1 Å². The first-order valence-corrected chi connectivity index (χ1v) is 9.93. The molecule has 1 aliphatic rings. The molecule has 0 aromatic carbocycles. The highest BCUT2D eigenvalue weighted by Crippen LogP contribution is 2.22. The zero-order valence-corrected chi connectivity index (χ0v) is 16.1. The molecule has 3 atom stereocenters. The summed E-state index contributed by atoms with van der Waals surface area (Å²) < 4.78 is 22.0. The highest BCUT2D eigenvalue weighted by molar-refractivity contribution is 7.84. The normalized spacial score (nSPS) is 22.3. The van der Waals surface area contributed by atoms with Crippen molar-refractivity contribution in [3.8, 4) is 0 Å². The Kier molecular flexibility index (Phi) is 8.15. The molecule has 140 valence electrons. The van der Waals surface area contributed by atoms with Crippen LogP contribution in [0.4, 0.5) is 4.79 Å². The van der Waals surface area contributed by atoms with Gasteiger partial charge in [0.15, 0.2) is 0 Å². The van der Waals surface area contributed by atoms with Gasteiger partial charge in [0.2, 0.25) is 0 Å². The minimum Gasteiger partial charge on any atom is -0.464 e. The van der Waals surface area contributed by atoms with Gasteiger partial charge in [0.1, 0.15) is 11.6 Å². The molecule has 7 nitrogen and oxygen atoms in total. The smallest absolute Gasteiger partial charge is 0.411 e. The number of amides is 1. The lowest BCUT2D eigenvalue weighted by atomic mass is 10.1. The fourth-order valence-corrected chi connectivity index (χ4v) is 3.19. The van der Waals surface area contributed by atoms with Crippen molar-refractivity contribution < 1.29 is 23.3 Å². The number of nitrogens with zero attached hydrogens (tertiary/aromatic N) is 1. The fourth-order valence-electron chi connectivity index (χ4n) is 2.55. The largest absolute Gasteiger partial charge is 0.464 e. The van der Waals surface area contributed by atoms with E-state index in [0.29, 0.717) is 31.0 Å². The van der Waals surface area contributed by atoms with Crippen LogP contribution < -0.4 is 5.32 Å². The van der Waals surface area contributed by atoms with Gasteiger partial charge in [-0.15, -0.1) is 0 Å². The van der Waals surface area contributed by atoms with Crippen molar-refractivity contribution in [3.05, 3.63) is 0 Å². The Balaban J connectivity index is 2.76. The molecule has 1 heterocycles. The molecule has 0 spiro atoms. The van der Waals surface area contributed by atoms with Crippen LogP contribution in [0.25, 0.3) is 0 Å². The molecule has 1 amide bonds. The Morgan fingerprint density at radius 1 is 1.29 bits per heavy atom. The Hall–Kier alpha value is -1.15. The number of hydrogen-bond donors (Lipinski definition) is 1. The van der Waals surface area contributed by atoms with Gasteiger partial charge >= 0.3 is 12.1 Å². The van der Waals surface area contributed by atoms with E-state index >= 15 is 0 Å². The number of nitrogens with one attached hydrogen (secondary N) is 1. The Morgan fingerprint density at radius 3 is 2.50 bits per heavy atom. The second-order valence-corrected chi connectivity index (χ2v) is 8.52. The summed E-state index contributed by atoms with van der Waals surface area (Å²) in [5, 5.41) is 3.24. The topological polar surface area (TPSA) is 84.9 Å². The maximum atomic E-state index is 12.4. The molecule has 1 rings (SSSR count). The van der Waals surface area contributed by atoms with E-state index in [1.807, 2.05) is 6.92 Å². The van der Waals surface area contributed by atoms with Crippen LogP contribution in [0.2, 0.25) is 0 Å². The molecule has 1 fully saturated rings. The molecule has 8 heteroatoms. The highest BCUT2D eigenvalue weighted by atomic mass is 32.2. The lowest BCUT2D eigenvalue weighted by molar-refractivity contribution is -0.148. The summed E-state index contributed by atoms with van der Waals surface area (Å²) >= 11 is 0. The zero-order chi connectivity index (χ0) is 18.3. The van der Waals surface area contributed by atoms with E-state index < -0.39 is 34.5 Å². The van der Waals surface area contributed by atoms with E-state index in [2.05, 4.69) is 5.32 Å². The van der Waals surface area contributed by atoms with E-state index in [0.717, 1.165) is 0 Å². The molecule has 0 aliphatic carbocycles. The number of rotatable bonds is 7. The van der Waals surface area contributed by atoms with Crippen molar-refractivity contribution in [2.75, 3.05) is 31.2 Å². The molecule has 1 N–H and O–H groups in total. The Labute approximate surface area is 146 Å². The first-order valence-electron chi connectivity index (χ1n) is 8.44. The van der Waals surface area contributed by atoms with Gasteiger partial charge in [-0.1, -0.05) is 6.92 Å². The molecular formula is C16H30N2O5S. The van der Waals surface area contributed by atoms with Crippen molar-refractivity contribution in [1.82, 2.24) is 10.2 Å². The van der Waals surface area contributed by atoms with Gasteiger partial charge in [0.05, 0.1) is 6.61 Å². The van der Waals surface area contributed by atoms with Gasteiger partial charge < -0.3 is 14.8 Å². The summed E-state index contributed by atoms with van der Waals surface area (Å²) in [6.07, 6.45) is 0.114. The molecule has 1 aliphatic heterocycles. The quantitative estimate of drug-likeness (QED) is 0.687. The molecule has 0 radical (unpaired) electrons. The summed E-state index contributed by atoms with van der Waals surface area (Å²) in [5.41, 5.74) is -0.625. The molecule has 0 unspecified atom stereocenters. The van der Waals surface area contributed by atoms with Gasteiger partial charge in [0.25, 0.3) is 0 Å². The fraction of sp³-hybridized carbons (Fsp3) is 0.875. The molecule has 1 saturated heterocycles. The van der Waals surface area contributed by atoms with Gasteiger partial charge in [-0.25, -0.2) is 9.59 Å². The summed E-state index contributed by atoms with van der Waals surface area (Å²) in [6, 6.07) is -0.930. The number of ether oxygens (including phenoxy) is 2. The molecular weight excluding hydrogens is 332 g/mol. The minimum absolute atomic E-state index is 0.217. The van der Waals surface area contributed by atoms with E-state index in [1.165, 1.54) is 4.90 Å². The summed E-state index contributed by atoms with van der Waals surface area (Å²) in [4.78, 5) is 26.1. The van der Waals surface area contributed by atoms with E-state index in [1.54, 1.807) is 27.7 Å². The van der Waals surface area contributed by atoms with Crippen LogP contribution in [0, 0.1) is 0 Å². The third kappa shape index (κ3) is 6.39. The molecule has 0 saturated carbocycles. The molecule has 0 aromatic heterocycles. The Morgan fingerprint density at radius 2 is 1.96 bits per heavy atom. The second-order valence-electron chi connectivity index (χ2n) is 6.65. The van der Waals surface area contributed by atoms with E-state index in [-0.39, 0.29) is 12.6 Å². The van der Waals surface area contributed by atoms with Crippen molar-refractivity contribution in [2.24, 2.45) is 0 Å². The maximum absolute atomic E-state index is 12.4. The van der Waals surface area contributed by atoms with Crippen molar-refractivity contribution in [1.29, 1.82) is 0 Å². The van der Waals surface area contributed by atoms with Crippen LogP contribution in [0.3, 0.4) is 0 Å². The SMILES string of the molecule is CCOC(=O)[C@@H]1[C@@H](NCC[S@@](=O)CC)CCN1C(=O)OC(C)(C)C. The molecule has 24 heavy (non-hydrogen) atoms. The van der Waals surface area contributed by atoms with Crippen LogP contribution in [0.5, 0.6) is 0 Å². The predicted octanol–water partition coefficient (Wildman–Crippen LogP) is 1.29. The van der Waals surface area contributed by atoms with Crippen molar-refractivity contribution in [3.63, 3.8) is 0 Å². The average Bonchev–Trinajstić information content (AvgIpc) is 2.89. The van der Waals surface area contributed by atoms with Crippen molar-refractivity contribution >= 4 is 22.9 Å². The Bertz CT molecular complexity index is 464. The van der Waals surface area contributed by atoms with Gasteiger partial charge in [-0.05, 0) is 34.1 Å². The lowest BCUT2D eigenvalue weighted by Crippen LogP contribution is -2.51. The number of carbonyl (C=O) groups is 2.